The lowest BCUT2D eigenvalue weighted by molar-refractivity contribution is -0.139. The van der Waals surface area contributed by atoms with Crippen LogP contribution in [-0.2, 0) is 9.47 Å². The predicted octanol–water partition coefficient (Wildman–Crippen LogP) is 3.19. The van der Waals surface area contributed by atoms with Crippen LogP contribution >= 0.6 is 0 Å². The van der Waals surface area contributed by atoms with Crippen molar-refractivity contribution in [2.24, 2.45) is 11.8 Å². The minimum absolute atomic E-state index is 0.0367. The molecule has 1 aliphatic rings. The monoisotopic (exact) mass is 257 g/mol. The third-order valence-corrected chi connectivity index (χ3v) is 3.92. The number of hydrogen-bond acceptors (Lipinski definition) is 3. The average Bonchev–Trinajstić information content (AvgIpc) is 2.32. The molecule has 0 amide bonds. The Morgan fingerprint density at radius 3 is 2.33 bits per heavy atom. The van der Waals surface area contributed by atoms with Crippen molar-refractivity contribution in [1.82, 2.24) is 5.32 Å². The smallest absolute Gasteiger partial charge is 0.158 e. The normalized spacial score (nSPS) is 28.8. The quantitative estimate of drug-likeness (QED) is 0.677. The summed E-state index contributed by atoms with van der Waals surface area (Å²) in [5, 5.41) is 3.68. The fourth-order valence-electron chi connectivity index (χ4n) is 2.94. The molecule has 1 saturated carbocycles. The highest BCUT2D eigenvalue weighted by Crippen LogP contribution is 2.28. The summed E-state index contributed by atoms with van der Waals surface area (Å²) < 4.78 is 11.1. The first-order valence-corrected chi connectivity index (χ1v) is 7.63. The number of nitrogens with one attached hydrogen (secondary N) is 1. The van der Waals surface area contributed by atoms with Gasteiger partial charge in [-0.3, -0.25) is 0 Å². The van der Waals surface area contributed by atoms with E-state index in [2.05, 4.69) is 19.2 Å². The van der Waals surface area contributed by atoms with Crippen LogP contribution in [-0.4, -0.2) is 32.1 Å². The Hall–Kier alpha value is -0.120. The summed E-state index contributed by atoms with van der Waals surface area (Å²) in [4.78, 5) is 0. The van der Waals surface area contributed by atoms with Crippen LogP contribution in [0.1, 0.15) is 53.4 Å². The second kappa shape index (κ2) is 8.89. The third-order valence-electron chi connectivity index (χ3n) is 3.92. The number of rotatable bonds is 8. The van der Waals surface area contributed by atoms with Crippen molar-refractivity contribution < 1.29 is 9.47 Å². The van der Waals surface area contributed by atoms with Crippen LogP contribution in [0.15, 0.2) is 0 Å². The summed E-state index contributed by atoms with van der Waals surface area (Å²) in [6, 6.07) is 0.685. The summed E-state index contributed by atoms with van der Waals surface area (Å²) in [5.74, 6) is 1.70. The molecular formula is C15H31NO2. The van der Waals surface area contributed by atoms with Crippen LogP contribution in [0.3, 0.4) is 0 Å². The van der Waals surface area contributed by atoms with Crippen molar-refractivity contribution in [1.29, 1.82) is 0 Å². The lowest BCUT2D eigenvalue weighted by Gasteiger charge is -2.33. The molecule has 0 spiro atoms. The SMILES string of the molecule is CCOC(CCNC1CCC(C)CC1C)OCC. The molecule has 18 heavy (non-hydrogen) atoms. The first-order valence-electron chi connectivity index (χ1n) is 7.63. The van der Waals surface area contributed by atoms with E-state index in [1.165, 1.54) is 19.3 Å². The van der Waals surface area contributed by atoms with Gasteiger partial charge in [0.1, 0.15) is 0 Å². The molecule has 3 heteroatoms. The maximum absolute atomic E-state index is 5.55. The van der Waals surface area contributed by atoms with E-state index in [4.69, 9.17) is 9.47 Å². The van der Waals surface area contributed by atoms with E-state index in [1.54, 1.807) is 0 Å². The van der Waals surface area contributed by atoms with E-state index in [1.807, 2.05) is 13.8 Å². The standard InChI is InChI=1S/C15H31NO2/c1-5-17-15(18-6-2)9-10-16-14-8-7-12(3)11-13(14)4/h12-16H,5-11H2,1-4H3. The summed E-state index contributed by atoms with van der Waals surface area (Å²) in [5.41, 5.74) is 0. The molecule has 3 atom stereocenters. The van der Waals surface area contributed by atoms with Crippen molar-refractivity contribution in [3.05, 3.63) is 0 Å². The van der Waals surface area contributed by atoms with E-state index in [-0.39, 0.29) is 6.29 Å². The highest BCUT2D eigenvalue weighted by atomic mass is 16.7. The number of ether oxygens (including phenoxy) is 2. The van der Waals surface area contributed by atoms with Crippen LogP contribution in [0.4, 0.5) is 0 Å². The fourth-order valence-corrected chi connectivity index (χ4v) is 2.94. The molecule has 1 fully saturated rings. The lowest BCUT2D eigenvalue weighted by Crippen LogP contribution is -2.40. The second-order valence-corrected chi connectivity index (χ2v) is 5.59. The van der Waals surface area contributed by atoms with Crippen molar-refractivity contribution in [3.63, 3.8) is 0 Å². The topological polar surface area (TPSA) is 30.5 Å². The van der Waals surface area contributed by atoms with Gasteiger partial charge in [-0.25, -0.2) is 0 Å². The summed E-state index contributed by atoms with van der Waals surface area (Å²) in [6.45, 7) is 11.2. The molecule has 1 rings (SSSR count). The fraction of sp³-hybridized carbons (Fsp3) is 1.00. The zero-order valence-electron chi connectivity index (χ0n) is 12.6. The molecule has 0 bridgehead atoms. The van der Waals surface area contributed by atoms with Gasteiger partial charge in [0.15, 0.2) is 6.29 Å². The van der Waals surface area contributed by atoms with Crippen molar-refractivity contribution in [3.8, 4) is 0 Å². The third kappa shape index (κ3) is 5.68. The van der Waals surface area contributed by atoms with E-state index in [0.29, 0.717) is 6.04 Å². The van der Waals surface area contributed by atoms with Gasteiger partial charge in [-0.15, -0.1) is 0 Å². The zero-order valence-corrected chi connectivity index (χ0v) is 12.6. The molecular weight excluding hydrogens is 226 g/mol. The molecule has 0 aliphatic heterocycles. The second-order valence-electron chi connectivity index (χ2n) is 5.59. The van der Waals surface area contributed by atoms with Crippen LogP contribution in [0, 0.1) is 11.8 Å². The van der Waals surface area contributed by atoms with Crippen molar-refractivity contribution in [2.45, 2.75) is 65.7 Å². The molecule has 0 radical (unpaired) electrons. The first kappa shape index (κ1) is 15.9. The van der Waals surface area contributed by atoms with Gasteiger partial charge < -0.3 is 14.8 Å². The average molecular weight is 257 g/mol. The van der Waals surface area contributed by atoms with Gasteiger partial charge in [-0.05, 0) is 44.9 Å². The molecule has 0 heterocycles. The van der Waals surface area contributed by atoms with Gasteiger partial charge in [0.05, 0.1) is 0 Å². The van der Waals surface area contributed by atoms with Crippen LogP contribution in [0.25, 0.3) is 0 Å². The Labute approximate surface area is 113 Å². The maximum atomic E-state index is 5.55. The van der Waals surface area contributed by atoms with Gasteiger partial charge in [0.2, 0.25) is 0 Å². The molecule has 3 nitrogen and oxygen atoms in total. The van der Waals surface area contributed by atoms with Gasteiger partial charge >= 0.3 is 0 Å². The van der Waals surface area contributed by atoms with Crippen LogP contribution < -0.4 is 5.32 Å². The molecule has 108 valence electrons. The molecule has 0 aromatic carbocycles. The highest BCUT2D eigenvalue weighted by Gasteiger charge is 2.24. The lowest BCUT2D eigenvalue weighted by atomic mass is 9.80. The first-order chi connectivity index (χ1) is 8.67. The largest absolute Gasteiger partial charge is 0.353 e. The summed E-state index contributed by atoms with van der Waals surface area (Å²) in [7, 11) is 0. The van der Waals surface area contributed by atoms with E-state index in [9.17, 15) is 0 Å². The summed E-state index contributed by atoms with van der Waals surface area (Å²) >= 11 is 0. The maximum Gasteiger partial charge on any atom is 0.158 e. The Bertz CT molecular complexity index is 205. The Balaban J connectivity index is 2.19. The van der Waals surface area contributed by atoms with Gasteiger partial charge in [0, 0.05) is 32.2 Å². The highest BCUT2D eigenvalue weighted by molar-refractivity contribution is 4.80. The minimum Gasteiger partial charge on any atom is -0.353 e. The van der Waals surface area contributed by atoms with Crippen LogP contribution in [0.5, 0.6) is 0 Å². The van der Waals surface area contributed by atoms with Gasteiger partial charge in [-0.1, -0.05) is 13.8 Å². The Morgan fingerprint density at radius 1 is 1.11 bits per heavy atom. The van der Waals surface area contributed by atoms with Crippen LogP contribution in [0.2, 0.25) is 0 Å². The van der Waals surface area contributed by atoms with E-state index < -0.39 is 0 Å². The number of hydrogen-bond donors (Lipinski definition) is 1. The Kier molecular flexibility index (Phi) is 7.87. The molecule has 0 aromatic heterocycles. The van der Waals surface area contributed by atoms with Crippen molar-refractivity contribution in [2.75, 3.05) is 19.8 Å². The van der Waals surface area contributed by atoms with Gasteiger partial charge in [0.25, 0.3) is 0 Å². The zero-order chi connectivity index (χ0) is 13.4. The van der Waals surface area contributed by atoms with E-state index >= 15 is 0 Å². The summed E-state index contributed by atoms with van der Waals surface area (Å²) in [6.07, 6.45) is 4.95. The van der Waals surface area contributed by atoms with E-state index in [0.717, 1.165) is 38.0 Å². The molecule has 1 N–H and O–H groups in total. The molecule has 0 aromatic rings. The Morgan fingerprint density at radius 2 is 1.78 bits per heavy atom. The molecule has 1 aliphatic carbocycles. The van der Waals surface area contributed by atoms with Gasteiger partial charge in [-0.2, -0.15) is 0 Å². The predicted molar refractivity (Wildman–Crippen MR) is 75.6 cm³/mol. The molecule has 3 unspecified atom stereocenters. The van der Waals surface area contributed by atoms with Crippen molar-refractivity contribution >= 4 is 0 Å². The molecule has 0 saturated heterocycles. The minimum atomic E-state index is -0.0367.